The Morgan fingerprint density at radius 2 is 2.36 bits per heavy atom. The summed E-state index contributed by atoms with van der Waals surface area (Å²) >= 11 is 1.63. The van der Waals surface area contributed by atoms with Gasteiger partial charge in [-0.3, -0.25) is 0 Å². The summed E-state index contributed by atoms with van der Waals surface area (Å²) in [5.41, 5.74) is -0.482. The molecule has 1 atom stereocenters. The highest BCUT2D eigenvalue weighted by Gasteiger charge is 2.30. The van der Waals surface area contributed by atoms with Crippen molar-refractivity contribution >= 4 is 23.2 Å². The van der Waals surface area contributed by atoms with Gasteiger partial charge in [-0.2, -0.15) is 0 Å². The molecule has 1 aliphatic rings. The van der Waals surface area contributed by atoms with Crippen molar-refractivity contribution in [3.05, 3.63) is 0 Å². The lowest BCUT2D eigenvalue weighted by atomic mass is 10.1. The van der Waals surface area contributed by atoms with Gasteiger partial charge in [0, 0.05) is 19.8 Å². The molecule has 0 aliphatic carbocycles. The van der Waals surface area contributed by atoms with Gasteiger partial charge in [0.25, 0.3) is 0 Å². The first kappa shape index (κ1) is 8.59. The molecule has 3 nitrogen and oxygen atoms in total. The van der Waals surface area contributed by atoms with Crippen LogP contribution in [0.25, 0.3) is 0 Å². The van der Waals surface area contributed by atoms with E-state index in [2.05, 4.69) is 4.99 Å². The minimum absolute atomic E-state index is 0.482. The Kier molecular flexibility index (Phi) is 2.23. The predicted molar refractivity (Wildman–Crippen MR) is 48.0 cm³/mol. The SMILES string of the molecule is CN(C)C1=NC(C)(C=O)CS1. The third kappa shape index (κ3) is 1.74. The van der Waals surface area contributed by atoms with E-state index in [1.165, 1.54) is 0 Å². The lowest BCUT2D eigenvalue weighted by Gasteiger charge is -2.10. The van der Waals surface area contributed by atoms with Gasteiger partial charge in [0.05, 0.1) is 0 Å². The van der Waals surface area contributed by atoms with Gasteiger partial charge in [0.1, 0.15) is 11.8 Å². The van der Waals surface area contributed by atoms with Crippen molar-refractivity contribution in [1.82, 2.24) is 4.90 Å². The highest BCUT2D eigenvalue weighted by atomic mass is 32.2. The van der Waals surface area contributed by atoms with Gasteiger partial charge in [-0.1, -0.05) is 11.8 Å². The number of hydrogen-bond acceptors (Lipinski definition) is 4. The summed E-state index contributed by atoms with van der Waals surface area (Å²) in [5, 5.41) is 0.944. The highest BCUT2D eigenvalue weighted by molar-refractivity contribution is 8.14. The van der Waals surface area contributed by atoms with Crippen molar-refractivity contribution in [2.75, 3.05) is 19.8 Å². The monoisotopic (exact) mass is 172 g/mol. The number of rotatable bonds is 1. The summed E-state index contributed by atoms with van der Waals surface area (Å²) in [5.74, 6) is 0.768. The molecule has 1 unspecified atom stereocenters. The van der Waals surface area contributed by atoms with Crippen LogP contribution < -0.4 is 0 Å². The molecule has 0 saturated carbocycles. The lowest BCUT2D eigenvalue weighted by Crippen LogP contribution is -2.24. The Bertz CT molecular complexity index is 203. The van der Waals surface area contributed by atoms with Crippen LogP contribution in [0.3, 0.4) is 0 Å². The van der Waals surface area contributed by atoms with Crippen molar-refractivity contribution in [3.8, 4) is 0 Å². The van der Waals surface area contributed by atoms with E-state index in [9.17, 15) is 4.79 Å². The first-order valence-electron chi connectivity index (χ1n) is 3.44. The lowest BCUT2D eigenvalue weighted by molar-refractivity contribution is -0.110. The van der Waals surface area contributed by atoms with Crippen LogP contribution in [0.2, 0.25) is 0 Å². The normalized spacial score (nSPS) is 29.9. The quantitative estimate of drug-likeness (QED) is 0.543. The summed E-state index contributed by atoms with van der Waals surface area (Å²) in [7, 11) is 3.87. The Morgan fingerprint density at radius 1 is 1.73 bits per heavy atom. The van der Waals surface area contributed by atoms with Crippen molar-refractivity contribution in [1.29, 1.82) is 0 Å². The van der Waals surface area contributed by atoms with Gasteiger partial charge in [-0.25, -0.2) is 4.99 Å². The van der Waals surface area contributed by atoms with E-state index in [1.54, 1.807) is 11.8 Å². The number of hydrogen-bond donors (Lipinski definition) is 0. The van der Waals surface area contributed by atoms with Crippen molar-refractivity contribution in [3.63, 3.8) is 0 Å². The smallest absolute Gasteiger partial charge is 0.159 e. The summed E-state index contributed by atoms with van der Waals surface area (Å²) in [4.78, 5) is 16.8. The van der Waals surface area contributed by atoms with Gasteiger partial charge in [0.15, 0.2) is 5.17 Å². The summed E-state index contributed by atoms with van der Waals surface area (Å²) < 4.78 is 0. The molecule has 1 rings (SSSR count). The number of nitrogens with zero attached hydrogens (tertiary/aromatic N) is 2. The van der Waals surface area contributed by atoms with E-state index in [-0.39, 0.29) is 0 Å². The largest absolute Gasteiger partial charge is 0.358 e. The van der Waals surface area contributed by atoms with E-state index in [0.29, 0.717) is 0 Å². The third-order valence-corrected chi connectivity index (χ3v) is 2.92. The van der Waals surface area contributed by atoms with Crippen molar-refractivity contribution < 1.29 is 4.79 Å². The third-order valence-electron chi connectivity index (χ3n) is 1.48. The molecular weight excluding hydrogens is 160 g/mol. The van der Waals surface area contributed by atoms with E-state index in [1.807, 2.05) is 25.9 Å². The van der Waals surface area contributed by atoms with E-state index in [0.717, 1.165) is 17.2 Å². The average molecular weight is 172 g/mol. The molecule has 0 aromatic rings. The number of amidine groups is 1. The van der Waals surface area contributed by atoms with Crippen LogP contribution in [0.1, 0.15) is 6.92 Å². The number of thioether (sulfide) groups is 1. The fraction of sp³-hybridized carbons (Fsp3) is 0.714. The highest BCUT2D eigenvalue weighted by Crippen LogP contribution is 2.26. The second-order valence-corrected chi connectivity index (χ2v) is 4.00. The fourth-order valence-corrected chi connectivity index (χ4v) is 1.87. The van der Waals surface area contributed by atoms with Crippen molar-refractivity contribution in [2.24, 2.45) is 4.99 Å². The zero-order chi connectivity index (χ0) is 8.48. The fourth-order valence-electron chi connectivity index (χ4n) is 0.783. The number of aliphatic imine (C=N–C) groups is 1. The Hall–Kier alpha value is -0.510. The van der Waals surface area contributed by atoms with Crippen LogP contribution >= 0.6 is 11.8 Å². The van der Waals surface area contributed by atoms with Gasteiger partial charge in [-0.15, -0.1) is 0 Å². The molecule has 1 heterocycles. The molecule has 0 saturated heterocycles. The van der Waals surface area contributed by atoms with Gasteiger partial charge in [-0.05, 0) is 6.92 Å². The molecular formula is C7H12N2OS. The average Bonchev–Trinajstić information content (AvgIpc) is 2.33. The molecule has 4 heteroatoms. The molecule has 0 spiro atoms. The number of carbonyl (C=O) groups excluding carboxylic acids is 1. The van der Waals surface area contributed by atoms with Crippen LogP contribution in [-0.4, -0.2) is 41.7 Å². The minimum atomic E-state index is -0.482. The van der Waals surface area contributed by atoms with Gasteiger partial charge in [0.2, 0.25) is 0 Å². The Morgan fingerprint density at radius 3 is 2.64 bits per heavy atom. The van der Waals surface area contributed by atoms with E-state index >= 15 is 0 Å². The molecule has 0 bridgehead atoms. The standard InChI is InChI=1S/C7H12N2OS/c1-7(4-10)5-11-6(8-7)9(2)3/h4H,5H2,1-3H3. The summed E-state index contributed by atoms with van der Waals surface area (Å²) in [6.07, 6.45) is 0.913. The maximum atomic E-state index is 10.6. The van der Waals surface area contributed by atoms with Crippen LogP contribution in [0.4, 0.5) is 0 Å². The van der Waals surface area contributed by atoms with Crippen LogP contribution in [-0.2, 0) is 4.79 Å². The maximum Gasteiger partial charge on any atom is 0.159 e. The summed E-state index contributed by atoms with van der Waals surface area (Å²) in [6.45, 7) is 1.85. The predicted octanol–water partition coefficient (Wildman–Crippen LogP) is 0.608. The zero-order valence-electron chi connectivity index (χ0n) is 7.00. The first-order chi connectivity index (χ1) is 5.07. The second-order valence-electron chi connectivity index (χ2n) is 3.05. The molecule has 0 aromatic carbocycles. The topological polar surface area (TPSA) is 32.7 Å². The number of carbonyl (C=O) groups is 1. The second kappa shape index (κ2) is 2.85. The molecule has 0 N–H and O–H groups in total. The molecule has 11 heavy (non-hydrogen) atoms. The summed E-state index contributed by atoms with van der Waals surface area (Å²) in [6, 6.07) is 0. The van der Waals surface area contributed by atoms with Crippen molar-refractivity contribution in [2.45, 2.75) is 12.5 Å². The molecule has 62 valence electrons. The Balaban J connectivity index is 2.75. The maximum absolute atomic E-state index is 10.6. The number of aldehydes is 1. The molecule has 0 radical (unpaired) electrons. The minimum Gasteiger partial charge on any atom is -0.358 e. The van der Waals surface area contributed by atoms with Crippen LogP contribution in [0.15, 0.2) is 4.99 Å². The zero-order valence-corrected chi connectivity index (χ0v) is 7.81. The van der Waals surface area contributed by atoms with Crippen LogP contribution in [0.5, 0.6) is 0 Å². The van der Waals surface area contributed by atoms with E-state index < -0.39 is 5.54 Å². The Labute approximate surface area is 70.9 Å². The molecule has 0 fully saturated rings. The van der Waals surface area contributed by atoms with Crippen LogP contribution in [0, 0.1) is 0 Å². The van der Waals surface area contributed by atoms with Gasteiger partial charge < -0.3 is 9.69 Å². The van der Waals surface area contributed by atoms with Gasteiger partial charge >= 0.3 is 0 Å². The molecule has 0 amide bonds. The molecule has 1 aliphatic heterocycles. The van der Waals surface area contributed by atoms with E-state index in [4.69, 9.17) is 0 Å². The first-order valence-corrected chi connectivity index (χ1v) is 4.42. The molecule has 0 aromatic heterocycles.